The lowest BCUT2D eigenvalue weighted by Gasteiger charge is -1.95. The van der Waals surface area contributed by atoms with E-state index in [1.165, 1.54) is 12.1 Å². The third-order valence-electron chi connectivity index (χ3n) is 2.02. The molecule has 1 heterocycles. The van der Waals surface area contributed by atoms with Crippen molar-refractivity contribution in [3.8, 4) is 0 Å². The van der Waals surface area contributed by atoms with E-state index in [-0.39, 0.29) is 4.90 Å². The molecule has 0 radical (unpaired) electrons. The van der Waals surface area contributed by atoms with Crippen molar-refractivity contribution in [2.75, 3.05) is 0 Å². The summed E-state index contributed by atoms with van der Waals surface area (Å²) in [4.78, 5) is 0.0937. The normalized spacial score (nSPS) is 12.1. The van der Waals surface area contributed by atoms with Gasteiger partial charge in [0.25, 0.3) is 9.05 Å². The third kappa shape index (κ3) is 1.51. The van der Waals surface area contributed by atoms with E-state index in [0.717, 1.165) is 10.9 Å². The van der Waals surface area contributed by atoms with Crippen molar-refractivity contribution in [2.24, 2.45) is 0 Å². The maximum Gasteiger partial charge on any atom is 0.261 e. The molecule has 0 unspecified atom stereocenters. The fourth-order valence-electron chi connectivity index (χ4n) is 1.29. The van der Waals surface area contributed by atoms with Crippen molar-refractivity contribution in [1.82, 2.24) is 0 Å². The summed E-state index contributed by atoms with van der Waals surface area (Å²) >= 11 is 0. The van der Waals surface area contributed by atoms with Gasteiger partial charge in [-0.2, -0.15) is 0 Å². The van der Waals surface area contributed by atoms with Gasteiger partial charge < -0.3 is 4.42 Å². The Balaban J connectivity index is 2.79. The summed E-state index contributed by atoms with van der Waals surface area (Å²) in [6, 6.07) is 4.53. The van der Waals surface area contributed by atoms with E-state index >= 15 is 0 Å². The second kappa shape index (κ2) is 3.00. The first-order valence-electron chi connectivity index (χ1n) is 3.91. The fraction of sp³-hybridized carbons (Fsp3) is 0.111. The number of hydrogen-bond acceptors (Lipinski definition) is 3. The smallest absolute Gasteiger partial charge is 0.261 e. The lowest BCUT2D eigenvalue weighted by atomic mass is 10.2. The van der Waals surface area contributed by atoms with Gasteiger partial charge in [0.05, 0.1) is 11.2 Å². The third-order valence-corrected chi connectivity index (χ3v) is 3.37. The Labute approximate surface area is 85.7 Å². The highest BCUT2D eigenvalue weighted by Gasteiger charge is 2.12. The first-order chi connectivity index (χ1) is 6.48. The van der Waals surface area contributed by atoms with Crippen LogP contribution < -0.4 is 0 Å². The number of furan rings is 1. The van der Waals surface area contributed by atoms with Crippen LogP contribution in [0.3, 0.4) is 0 Å². The molecule has 5 heteroatoms. The number of aryl methyl sites for hydroxylation is 1. The van der Waals surface area contributed by atoms with Crippen molar-refractivity contribution < 1.29 is 12.8 Å². The summed E-state index contributed by atoms with van der Waals surface area (Å²) in [6.07, 6.45) is 1.58. The second-order valence-corrected chi connectivity index (χ2v) is 5.58. The first-order valence-corrected chi connectivity index (χ1v) is 6.22. The average molecular weight is 231 g/mol. The van der Waals surface area contributed by atoms with Gasteiger partial charge in [-0.15, -0.1) is 0 Å². The lowest BCUT2D eigenvalue weighted by molar-refractivity contribution is 0.608. The van der Waals surface area contributed by atoms with Gasteiger partial charge in [-0.1, -0.05) is 0 Å². The van der Waals surface area contributed by atoms with Gasteiger partial charge >= 0.3 is 0 Å². The van der Waals surface area contributed by atoms with E-state index in [2.05, 4.69) is 0 Å². The van der Waals surface area contributed by atoms with E-state index in [1.54, 1.807) is 12.3 Å². The highest BCUT2D eigenvalue weighted by atomic mass is 35.7. The monoisotopic (exact) mass is 230 g/mol. The van der Waals surface area contributed by atoms with Gasteiger partial charge in [0, 0.05) is 16.1 Å². The van der Waals surface area contributed by atoms with Crippen LogP contribution in [0.15, 0.2) is 33.8 Å². The molecule has 0 atom stereocenters. The Bertz CT molecular complexity index is 583. The summed E-state index contributed by atoms with van der Waals surface area (Å²) in [5.74, 6) is 0. The molecule has 1 aromatic carbocycles. The van der Waals surface area contributed by atoms with E-state index in [9.17, 15) is 8.42 Å². The molecule has 0 amide bonds. The van der Waals surface area contributed by atoms with Crippen molar-refractivity contribution in [1.29, 1.82) is 0 Å². The molecule has 2 aromatic rings. The van der Waals surface area contributed by atoms with E-state index in [1.807, 2.05) is 6.92 Å². The zero-order valence-electron chi connectivity index (χ0n) is 7.32. The van der Waals surface area contributed by atoms with Crippen LogP contribution >= 0.6 is 10.7 Å². The van der Waals surface area contributed by atoms with Gasteiger partial charge in [0.1, 0.15) is 5.58 Å². The summed E-state index contributed by atoms with van der Waals surface area (Å²) in [6.45, 7) is 1.84. The SMILES string of the molecule is Cc1coc2ccc(S(=O)(=O)Cl)cc12. The Morgan fingerprint density at radius 2 is 2.07 bits per heavy atom. The van der Waals surface area contributed by atoms with Crippen molar-refractivity contribution >= 4 is 30.7 Å². The quantitative estimate of drug-likeness (QED) is 0.708. The summed E-state index contributed by atoms with van der Waals surface area (Å²) in [5, 5.41) is 0.770. The van der Waals surface area contributed by atoms with Crippen LogP contribution in [0.25, 0.3) is 11.0 Å². The predicted molar refractivity (Wildman–Crippen MR) is 54.0 cm³/mol. The zero-order chi connectivity index (χ0) is 10.3. The molecule has 0 fully saturated rings. The fourth-order valence-corrected chi connectivity index (χ4v) is 2.06. The molecule has 0 bridgehead atoms. The maximum absolute atomic E-state index is 11.0. The second-order valence-electron chi connectivity index (χ2n) is 3.01. The topological polar surface area (TPSA) is 47.3 Å². The highest BCUT2D eigenvalue weighted by Crippen LogP contribution is 2.25. The number of fused-ring (bicyclic) bond motifs is 1. The zero-order valence-corrected chi connectivity index (χ0v) is 8.89. The van der Waals surface area contributed by atoms with Crippen LogP contribution in [-0.2, 0) is 9.05 Å². The number of benzene rings is 1. The minimum Gasteiger partial charge on any atom is -0.464 e. The predicted octanol–water partition coefficient (Wildman–Crippen LogP) is 2.67. The van der Waals surface area contributed by atoms with Crippen molar-refractivity contribution in [3.63, 3.8) is 0 Å². The summed E-state index contributed by atoms with van der Waals surface area (Å²) < 4.78 is 27.3. The standard InChI is InChI=1S/C9H7ClO3S/c1-6-5-13-9-3-2-7(4-8(6)9)14(10,11)12/h2-5H,1H3. The Hall–Kier alpha value is -1.00. The molecule has 0 N–H and O–H groups in total. The molecule has 74 valence electrons. The van der Waals surface area contributed by atoms with Gasteiger partial charge in [-0.05, 0) is 30.7 Å². The Kier molecular flexibility index (Phi) is 2.05. The van der Waals surface area contributed by atoms with Crippen molar-refractivity contribution in [2.45, 2.75) is 11.8 Å². The number of rotatable bonds is 1. The molecular formula is C9H7ClO3S. The lowest BCUT2D eigenvalue weighted by Crippen LogP contribution is -1.89. The highest BCUT2D eigenvalue weighted by molar-refractivity contribution is 8.13. The van der Waals surface area contributed by atoms with E-state index in [4.69, 9.17) is 15.1 Å². The van der Waals surface area contributed by atoms with Gasteiger partial charge in [0.2, 0.25) is 0 Å². The average Bonchev–Trinajstić information content (AvgIpc) is 2.46. The molecule has 0 spiro atoms. The van der Waals surface area contributed by atoms with Crippen LogP contribution in [0.1, 0.15) is 5.56 Å². The maximum atomic E-state index is 11.0. The summed E-state index contributed by atoms with van der Waals surface area (Å²) in [5.41, 5.74) is 1.55. The largest absolute Gasteiger partial charge is 0.464 e. The van der Waals surface area contributed by atoms with Crippen molar-refractivity contribution in [3.05, 3.63) is 30.0 Å². The first kappa shape index (κ1) is 9.55. The molecule has 0 aliphatic rings. The van der Waals surface area contributed by atoms with Gasteiger partial charge in [-0.25, -0.2) is 8.42 Å². The molecule has 1 aromatic heterocycles. The van der Waals surface area contributed by atoms with Gasteiger partial charge in [-0.3, -0.25) is 0 Å². The summed E-state index contributed by atoms with van der Waals surface area (Å²) in [7, 11) is 1.56. The van der Waals surface area contributed by atoms with Crippen LogP contribution in [0.4, 0.5) is 0 Å². The Morgan fingerprint density at radius 3 is 2.71 bits per heavy atom. The van der Waals surface area contributed by atoms with Crippen LogP contribution in [0, 0.1) is 6.92 Å². The van der Waals surface area contributed by atoms with Crippen LogP contribution in [0.2, 0.25) is 0 Å². The minimum atomic E-state index is -3.66. The molecule has 3 nitrogen and oxygen atoms in total. The molecule has 0 aliphatic heterocycles. The van der Waals surface area contributed by atoms with E-state index < -0.39 is 9.05 Å². The number of hydrogen-bond donors (Lipinski definition) is 0. The molecule has 14 heavy (non-hydrogen) atoms. The molecule has 0 saturated carbocycles. The van der Waals surface area contributed by atoms with Gasteiger partial charge in [0.15, 0.2) is 0 Å². The van der Waals surface area contributed by atoms with Crippen LogP contribution in [-0.4, -0.2) is 8.42 Å². The number of halogens is 1. The van der Waals surface area contributed by atoms with Crippen LogP contribution in [0.5, 0.6) is 0 Å². The van der Waals surface area contributed by atoms with E-state index in [0.29, 0.717) is 5.58 Å². The minimum absolute atomic E-state index is 0.0937. The molecule has 0 aliphatic carbocycles. The Morgan fingerprint density at radius 1 is 1.36 bits per heavy atom. The molecular weight excluding hydrogens is 224 g/mol. The molecule has 2 rings (SSSR count). The molecule has 0 saturated heterocycles.